The molecule has 1 heterocycles. The van der Waals surface area contributed by atoms with Crippen LogP contribution in [0, 0.1) is 5.82 Å². The number of sulfone groups is 1. The van der Waals surface area contributed by atoms with E-state index >= 15 is 0 Å². The van der Waals surface area contributed by atoms with Gasteiger partial charge in [0, 0.05) is 13.1 Å². The number of benzene rings is 2. The van der Waals surface area contributed by atoms with Crippen LogP contribution in [0.15, 0.2) is 59.5 Å². The summed E-state index contributed by atoms with van der Waals surface area (Å²) in [6.07, 6.45) is 0.168. The number of halogens is 1. The van der Waals surface area contributed by atoms with Gasteiger partial charge in [-0.2, -0.15) is 4.31 Å². The average molecular weight is 383 g/mol. The summed E-state index contributed by atoms with van der Waals surface area (Å²) in [6, 6.07) is 13.5. The second-order valence-corrected chi connectivity index (χ2v) is 10.2. The van der Waals surface area contributed by atoms with E-state index in [0.717, 1.165) is 16.4 Å². The lowest BCUT2D eigenvalue weighted by molar-refractivity contribution is 0.427. The predicted molar refractivity (Wildman–Crippen MR) is 92.7 cm³/mol. The Morgan fingerprint density at radius 1 is 1.00 bits per heavy atom. The smallest absolute Gasteiger partial charge is 0.228 e. The zero-order valence-electron chi connectivity index (χ0n) is 13.4. The van der Waals surface area contributed by atoms with E-state index in [2.05, 4.69) is 0 Å². The summed E-state index contributed by atoms with van der Waals surface area (Å²) in [5.74, 6) is -0.910. The lowest BCUT2D eigenvalue weighted by Gasteiger charge is -2.19. The fourth-order valence-corrected chi connectivity index (χ4v) is 6.38. The molecule has 1 aliphatic rings. The van der Waals surface area contributed by atoms with E-state index in [9.17, 15) is 21.2 Å². The summed E-state index contributed by atoms with van der Waals surface area (Å²) in [4.78, 5) is -0.164. The third-order valence-corrected chi connectivity index (χ3v) is 8.33. The predicted octanol–water partition coefficient (Wildman–Crippen LogP) is 2.38. The summed E-state index contributed by atoms with van der Waals surface area (Å²) in [7, 11) is -7.41. The molecule has 2 aromatic carbocycles. The normalized spacial score (nSPS) is 21.6. The lowest BCUT2D eigenvalue weighted by Crippen LogP contribution is -2.33. The Bertz CT molecular complexity index is 959. The van der Waals surface area contributed by atoms with E-state index < -0.39 is 30.9 Å². The van der Waals surface area contributed by atoms with Crippen molar-refractivity contribution in [2.75, 3.05) is 18.8 Å². The maximum absolute atomic E-state index is 13.4. The lowest BCUT2D eigenvalue weighted by atomic mass is 10.1. The van der Waals surface area contributed by atoms with Crippen molar-refractivity contribution in [2.24, 2.45) is 0 Å². The molecule has 8 heteroatoms. The van der Waals surface area contributed by atoms with Crippen LogP contribution in [0.25, 0.3) is 0 Å². The zero-order chi connectivity index (χ0) is 18.1. The van der Waals surface area contributed by atoms with Crippen LogP contribution in [0.4, 0.5) is 4.39 Å². The zero-order valence-corrected chi connectivity index (χ0v) is 15.0. The van der Waals surface area contributed by atoms with E-state index in [1.165, 1.54) is 12.1 Å². The minimum Gasteiger partial charge on any atom is -0.228 e. The summed E-state index contributed by atoms with van der Waals surface area (Å²) in [5.41, 5.74) is 0.660. The Morgan fingerprint density at radius 2 is 1.72 bits per heavy atom. The first-order valence-electron chi connectivity index (χ1n) is 7.83. The fourth-order valence-electron chi connectivity index (χ4n) is 2.98. The van der Waals surface area contributed by atoms with Crippen LogP contribution >= 0.6 is 0 Å². The van der Waals surface area contributed by atoms with Gasteiger partial charge in [0.2, 0.25) is 10.0 Å². The van der Waals surface area contributed by atoms with E-state index in [1.807, 2.05) is 0 Å². The molecule has 0 aromatic heterocycles. The van der Waals surface area contributed by atoms with Gasteiger partial charge < -0.3 is 0 Å². The number of hydrogen-bond donors (Lipinski definition) is 0. The molecule has 1 fully saturated rings. The van der Waals surface area contributed by atoms with E-state index in [-0.39, 0.29) is 30.2 Å². The van der Waals surface area contributed by atoms with Crippen molar-refractivity contribution in [1.29, 1.82) is 0 Å². The molecule has 1 saturated heterocycles. The molecule has 1 aliphatic heterocycles. The monoisotopic (exact) mass is 383 g/mol. The van der Waals surface area contributed by atoms with Crippen molar-refractivity contribution in [3.8, 4) is 0 Å². The molecule has 134 valence electrons. The quantitative estimate of drug-likeness (QED) is 0.816. The minimum absolute atomic E-state index is 0.0671. The van der Waals surface area contributed by atoms with Crippen LogP contribution in [0.3, 0.4) is 0 Å². The maximum Gasteiger partial charge on any atom is 0.243 e. The Balaban J connectivity index is 1.90. The maximum atomic E-state index is 13.4. The molecule has 5 nitrogen and oxygen atoms in total. The Kier molecular flexibility index (Phi) is 4.95. The van der Waals surface area contributed by atoms with Gasteiger partial charge in [0.25, 0.3) is 0 Å². The second kappa shape index (κ2) is 6.86. The van der Waals surface area contributed by atoms with Gasteiger partial charge in [-0.3, -0.25) is 0 Å². The van der Waals surface area contributed by atoms with Crippen molar-refractivity contribution in [3.63, 3.8) is 0 Å². The molecular weight excluding hydrogens is 365 g/mol. The first-order chi connectivity index (χ1) is 11.8. The van der Waals surface area contributed by atoms with Crippen molar-refractivity contribution in [2.45, 2.75) is 16.6 Å². The Labute approximate surface area is 147 Å². The highest BCUT2D eigenvalue weighted by molar-refractivity contribution is 7.92. The van der Waals surface area contributed by atoms with Crippen LogP contribution in [0.2, 0.25) is 0 Å². The van der Waals surface area contributed by atoms with Gasteiger partial charge in [0.1, 0.15) is 5.82 Å². The standard InChI is InChI=1S/C17H18FNO4S2/c18-15-7-4-8-16(13-15)25(22,23)19-10-9-17(24(20,21)12-11-19)14-5-2-1-3-6-14/h1-8,13,17H,9-12H2. The number of sulfonamides is 1. The summed E-state index contributed by atoms with van der Waals surface area (Å²) < 4.78 is 65.1. The first-order valence-corrected chi connectivity index (χ1v) is 11.0. The Hall–Kier alpha value is -1.77. The van der Waals surface area contributed by atoms with Gasteiger partial charge in [0.05, 0.1) is 15.9 Å². The number of nitrogens with zero attached hydrogens (tertiary/aromatic N) is 1. The molecule has 3 rings (SSSR count). The topological polar surface area (TPSA) is 71.5 Å². The fraction of sp³-hybridized carbons (Fsp3) is 0.294. The highest BCUT2D eigenvalue weighted by Gasteiger charge is 2.35. The first kappa shape index (κ1) is 18.0. The van der Waals surface area contributed by atoms with Crippen molar-refractivity contribution < 1.29 is 21.2 Å². The molecule has 0 N–H and O–H groups in total. The minimum atomic E-state index is -3.93. The van der Waals surface area contributed by atoms with Crippen LogP contribution in [-0.4, -0.2) is 40.0 Å². The van der Waals surface area contributed by atoms with Crippen LogP contribution < -0.4 is 0 Å². The van der Waals surface area contributed by atoms with E-state index in [0.29, 0.717) is 5.56 Å². The molecule has 0 spiro atoms. The SMILES string of the molecule is O=S1(=O)CCN(S(=O)(=O)c2cccc(F)c2)CCC1c1ccccc1. The summed E-state index contributed by atoms with van der Waals surface area (Å²) >= 11 is 0. The summed E-state index contributed by atoms with van der Waals surface area (Å²) in [5, 5.41) is -0.735. The highest BCUT2D eigenvalue weighted by atomic mass is 32.2. The average Bonchev–Trinajstić information content (AvgIpc) is 2.74. The third kappa shape index (κ3) is 3.75. The number of hydrogen-bond acceptors (Lipinski definition) is 4. The highest BCUT2D eigenvalue weighted by Crippen LogP contribution is 2.31. The third-order valence-electron chi connectivity index (χ3n) is 4.30. The molecule has 1 unspecified atom stereocenters. The van der Waals surface area contributed by atoms with E-state index in [1.54, 1.807) is 30.3 Å². The van der Waals surface area contributed by atoms with E-state index in [4.69, 9.17) is 0 Å². The van der Waals surface area contributed by atoms with Crippen LogP contribution in [0.5, 0.6) is 0 Å². The number of rotatable bonds is 3. The van der Waals surface area contributed by atoms with Crippen LogP contribution in [-0.2, 0) is 19.9 Å². The molecule has 0 radical (unpaired) electrons. The molecule has 0 saturated carbocycles. The van der Waals surface area contributed by atoms with Gasteiger partial charge in [-0.25, -0.2) is 21.2 Å². The molecule has 2 aromatic rings. The van der Waals surface area contributed by atoms with Gasteiger partial charge >= 0.3 is 0 Å². The molecule has 25 heavy (non-hydrogen) atoms. The van der Waals surface area contributed by atoms with Crippen LogP contribution in [0.1, 0.15) is 17.2 Å². The van der Waals surface area contributed by atoms with Crippen molar-refractivity contribution >= 4 is 19.9 Å². The molecule has 0 amide bonds. The van der Waals surface area contributed by atoms with Gasteiger partial charge in [-0.15, -0.1) is 0 Å². The van der Waals surface area contributed by atoms with Gasteiger partial charge in [0.15, 0.2) is 9.84 Å². The molecule has 1 atom stereocenters. The van der Waals surface area contributed by atoms with Gasteiger partial charge in [-0.05, 0) is 30.2 Å². The largest absolute Gasteiger partial charge is 0.243 e. The van der Waals surface area contributed by atoms with Gasteiger partial charge in [-0.1, -0.05) is 36.4 Å². The van der Waals surface area contributed by atoms with Crippen molar-refractivity contribution in [1.82, 2.24) is 4.31 Å². The molecule has 0 aliphatic carbocycles. The second-order valence-electron chi connectivity index (χ2n) is 5.92. The molecular formula is C17H18FNO4S2. The van der Waals surface area contributed by atoms with Crippen molar-refractivity contribution in [3.05, 3.63) is 66.0 Å². The molecule has 0 bridgehead atoms. The summed E-state index contributed by atoms with van der Waals surface area (Å²) in [6.45, 7) is -0.0673. The Morgan fingerprint density at radius 3 is 2.40 bits per heavy atom.